The summed E-state index contributed by atoms with van der Waals surface area (Å²) in [4.78, 5) is 24.3. The maximum Gasteiger partial charge on any atom is 0.191 e. The topological polar surface area (TPSA) is 34.1 Å². The van der Waals surface area contributed by atoms with Gasteiger partial charge in [-0.2, -0.15) is 0 Å². The molecule has 0 heterocycles. The molecule has 0 N–H and O–H groups in total. The van der Waals surface area contributed by atoms with Crippen LogP contribution in [0.15, 0.2) is 30.3 Å². The second kappa shape index (κ2) is 15.9. The van der Waals surface area contributed by atoms with E-state index >= 15 is 0 Å². The van der Waals surface area contributed by atoms with Gasteiger partial charge in [-0.05, 0) is 12.8 Å². The Hall–Kier alpha value is -1.09. The highest BCUT2D eigenvalue weighted by Crippen LogP contribution is 2.19. The van der Waals surface area contributed by atoms with Gasteiger partial charge in [0.1, 0.15) is 0 Å². The van der Waals surface area contributed by atoms with Gasteiger partial charge in [0.15, 0.2) is 10.9 Å². The first-order chi connectivity index (χ1) is 13.1. The molecule has 1 aromatic carbocycles. The second-order valence-corrected chi connectivity index (χ2v) is 8.68. The molecular weight excluding hydrogens is 352 g/mol. The van der Waals surface area contributed by atoms with Crippen molar-refractivity contribution in [3.05, 3.63) is 35.9 Å². The van der Waals surface area contributed by atoms with Gasteiger partial charge in [0.2, 0.25) is 0 Å². The molecule has 0 saturated carbocycles. The lowest BCUT2D eigenvalue weighted by Gasteiger charge is -2.09. The van der Waals surface area contributed by atoms with Crippen LogP contribution in [0.4, 0.5) is 0 Å². The minimum absolute atomic E-state index is 0.0363. The molecule has 0 aliphatic rings. The Kier molecular flexibility index (Phi) is 14.1. The Balaban J connectivity index is 1.99. The molecule has 0 saturated heterocycles. The number of hydrogen-bond donors (Lipinski definition) is 0. The first-order valence-electron chi connectivity index (χ1n) is 10.9. The molecule has 0 aliphatic heterocycles. The SMILES string of the molecule is CCCCCCCCCCCCSC(=O)[C@@H](C)CCC(=O)c1ccccc1. The van der Waals surface area contributed by atoms with Crippen molar-refractivity contribution < 1.29 is 9.59 Å². The molecule has 1 atom stereocenters. The van der Waals surface area contributed by atoms with E-state index in [1.165, 1.54) is 69.5 Å². The number of benzene rings is 1. The van der Waals surface area contributed by atoms with Gasteiger partial charge in [0.05, 0.1) is 0 Å². The van der Waals surface area contributed by atoms with Gasteiger partial charge in [-0.3, -0.25) is 9.59 Å². The Morgan fingerprint density at radius 1 is 0.852 bits per heavy atom. The van der Waals surface area contributed by atoms with E-state index in [0.29, 0.717) is 12.8 Å². The van der Waals surface area contributed by atoms with E-state index < -0.39 is 0 Å². The molecule has 0 amide bonds. The summed E-state index contributed by atoms with van der Waals surface area (Å²) in [6, 6.07) is 9.35. The van der Waals surface area contributed by atoms with Crippen molar-refractivity contribution in [1.29, 1.82) is 0 Å². The maximum absolute atomic E-state index is 12.2. The number of Topliss-reactive ketones (excluding diaryl/α,β-unsaturated/α-hetero) is 1. The zero-order valence-electron chi connectivity index (χ0n) is 17.4. The summed E-state index contributed by atoms with van der Waals surface area (Å²) in [6.45, 7) is 4.21. The van der Waals surface area contributed by atoms with E-state index in [0.717, 1.165) is 17.7 Å². The normalized spacial score (nSPS) is 12.1. The van der Waals surface area contributed by atoms with Crippen LogP contribution in [0.2, 0.25) is 0 Å². The maximum atomic E-state index is 12.2. The molecule has 0 bridgehead atoms. The molecule has 0 radical (unpaired) electrons. The summed E-state index contributed by atoms with van der Waals surface area (Å²) in [6.07, 6.45) is 14.3. The van der Waals surface area contributed by atoms with Crippen molar-refractivity contribution in [2.45, 2.75) is 90.9 Å². The van der Waals surface area contributed by atoms with E-state index in [-0.39, 0.29) is 16.8 Å². The van der Waals surface area contributed by atoms with Crippen molar-refractivity contribution in [2.24, 2.45) is 5.92 Å². The van der Waals surface area contributed by atoms with Gasteiger partial charge in [-0.25, -0.2) is 0 Å². The highest BCUT2D eigenvalue weighted by molar-refractivity contribution is 8.13. The number of unbranched alkanes of at least 4 members (excludes halogenated alkanes) is 9. The van der Waals surface area contributed by atoms with Crippen LogP contribution in [0.5, 0.6) is 0 Å². The molecule has 1 aromatic rings. The Morgan fingerprint density at radius 3 is 2.00 bits per heavy atom. The van der Waals surface area contributed by atoms with Crippen LogP contribution in [-0.2, 0) is 4.79 Å². The minimum Gasteiger partial charge on any atom is -0.294 e. The van der Waals surface area contributed by atoms with Crippen LogP contribution in [0.25, 0.3) is 0 Å². The number of carbonyl (C=O) groups is 2. The molecular formula is C24H38O2S. The number of rotatable bonds is 16. The monoisotopic (exact) mass is 390 g/mol. The van der Waals surface area contributed by atoms with Crippen molar-refractivity contribution in [1.82, 2.24) is 0 Å². The fraction of sp³-hybridized carbons (Fsp3) is 0.667. The fourth-order valence-electron chi connectivity index (χ4n) is 3.14. The van der Waals surface area contributed by atoms with Gasteiger partial charge in [-0.15, -0.1) is 0 Å². The third-order valence-corrected chi connectivity index (χ3v) is 6.22. The third-order valence-electron chi connectivity index (χ3n) is 5.04. The van der Waals surface area contributed by atoms with E-state index in [2.05, 4.69) is 6.92 Å². The lowest BCUT2D eigenvalue weighted by atomic mass is 10.0. The standard InChI is InChI=1S/C24H38O2S/c1-3-4-5-6-7-8-9-10-11-15-20-27-24(26)21(2)18-19-23(25)22-16-13-12-14-17-22/h12-14,16-17,21H,3-11,15,18-20H2,1-2H3/t21-/m0/s1. The lowest BCUT2D eigenvalue weighted by molar-refractivity contribution is -0.114. The molecule has 152 valence electrons. The average molecular weight is 391 g/mol. The van der Waals surface area contributed by atoms with Crippen LogP contribution >= 0.6 is 11.8 Å². The van der Waals surface area contributed by atoms with Crippen molar-refractivity contribution in [3.63, 3.8) is 0 Å². The van der Waals surface area contributed by atoms with E-state index in [1.54, 1.807) is 0 Å². The quantitative estimate of drug-likeness (QED) is 0.217. The minimum atomic E-state index is -0.0363. The molecule has 0 unspecified atom stereocenters. The predicted molar refractivity (Wildman–Crippen MR) is 118 cm³/mol. The lowest BCUT2D eigenvalue weighted by Crippen LogP contribution is -2.10. The van der Waals surface area contributed by atoms with E-state index in [9.17, 15) is 9.59 Å². The molecule has 27 heavy (non-hydrogen) atoms. The van der Waals surface area contributed by atoms with E-state index in [1.807, 2.05) is 37.3 Å². The van der Waals surface area contributed by atoms with Crippen LogP contribution in [-0.4, -0.2) is 16.7 Å². The molecule has 0 fully saturated rings. The molecule has 0 aliphatic carbocycles. The smallest absolute Gasteiger partial charge is 0.191 e. The molecule has 1 rings (SSSR count). The summed E-state index contributed by atoms with van der Waals surface area (Å²) < 4.78 is 0. The van der Waals surface area contributed by atoms with Gasteiger partial charge in [-0.1, -0.05) is 114 Å². The first kappa shape index (κ1) is 23.9. The highest BCUT2D eigenvalue weighted by Gasteiger charge is 2.15. The van der Waals surface area contributed by atoms with Crippen LogP contribution in [0.3, 0.4) is 0 Å². The van der Waals surface area contributed by atoms with Gasteiger partial charge in [0.25, 0.3) is 0 Å². The van der Waals surface area contributed by atoms with Gasteiger partial charge < -0.3 is 0 Å². The summed E-state index contributed by atoms with van der Waals surface area (Å²) in [5.41, 5.74) is 0.746. The second-order valence-electron chi connectivity index (χ2n) is 7.58. The van der Waals surface area contributed by atoms with Gasteiger partial charge in [0, 0.05) is 23.7 Å². The molecule has 0 aromatic heterocycles. The summed E-state index contributed by atoms with van der Waals surface area (Å²) in [5.74, 6) is 1.02. The molecule has 0 spiro atoms. The third kappa shape index (κ3) is 12.1. The van der Waals surface area contributed by atoms with E-state index in [4.69, 9.17) is 0 Å². The zero-order chi connectivity index (χ0) is 19.7. The number of hydrogen-bond acceptors (Lipinski definition) is 3. The van der Waals surface area contributed by atoms with Gasteiger partial charge >= 0.3 is 0 Å². The van der Waals surface area contributed by atoms with Crippen molar-refractivity contribution in [3.8, 4) is 0 Å². The average Bonchev–Trinajstić information content (AvgIpc) is 2.70. The molecule has 2 nitrogen and oxygen atoms in total. The number of thioether (sulfide) groups is 1. The zero-order valence-corrected chi connectivity index (χ0v) is 18.2. The Bertz CT molecular complexity index is 512. The Labute approximate surface area is 170 Å². The van der Waals surface area contributed by atoms with Crippen LogP contribution in [0.1, 0.15) is 101 Å². The van der Waals surface area contributed by atoms with Crippen molar-refractivity contribution >= 4 is 22.7 Å². The van der Waals surface area contributed by atoms with Crippen LogP contribution < -0.4 is 0 Å². The summed E-state index contributed by atoms with van der Waals surface area (Å²) >= 11 is 1.46. The summed E-state index contributed by atoms with van der Waals surface area (Å²) in [5, 5.41) is 0.242. The Morgan fingerprint density at radius 2 is 1.41 bits per heavy atom. The predicted octanol–water partition coefficient (Wildman–Crippen LogP) is 7.47. The molecule has 3 heteroatoms. The van der Waals surface area contributed by atoms with Crippen molar-refractivity contribution in [2.75, 3.05) is 5.75 Å². The fourth-order valence-corrected chi connectivity index (χ4v) is 4.09. The first-order valence-corrected chi connectivity index (χ1v) is 11.9. The number of carbonyl (C=O) groups excluding carboxylic acids is 2. The highest BCUT2D eigenvalue weighted by atomic mass is 32.2. The summed E-state index contributed by atoms with van der Waals surface area (Å²) in [7, 11) is 0. The number of ketones is 1. The van der Waals surface area contributed by atoms with Crippen LogP contribution in [0, 0.1) is 5.92 Å². The largest absolute Gasteiger partial charge is 0.294 e.